The molecule has 2 aromatic heterocycles. The number of rotatable bonds is 2. The van der Waals surface area contributed by atoms with Crippen molar-refractivity contribution in [3.8, 4) is 5.75 Å². The Kier molecular flexibility index (Phi) is 2.22. The normalized spacial score (nSPS) is 9.71. The van der Waals surface area contributed by atoms with Crippen LogP contribution in [0.5, 0.6) is 5.75 Å². The highest BCUT2D eigenvalue weighted by molar-refractivity contribution is 5.87. The molecule has 70 valence electrons. The van der Waals surface area contributed by atoms with Crippen LogP contribution in [0.3, 0.4) is 0 Å². The van der Waals surface area contributed by atoms with Crippen LogP contribution < -0.4 is 4.74 Å². The van der Waals surface area contributed by atoms with Crippen molar-refractivity contribution in [1.82, 2.24) is 10.1 Å². The molecule has 0 saturated carbocycles. The first-order chi connectivity index (χ1) is 6.86. The lowest BCUT2D eigenvalue weighted by molar-refractivity contribution is 0.0691. The van der Waals surface area contributed by atoms with E-state index < -0.39 is 5.97 Å². The molecule has 0 amide bonds. The Morgan fingerprint density at radius 1 is 1.21 bits per heavy atom. The number of carbonyl (C=O) groups excluding carboxylic acids is 1. The lowest BCUT2D eigenvalue weighted by Gasteiger charge is -1.99. The Labute approximate surface area is 79.3 Å². The Morgan fingerprint density at radius 3 is 2.64 bits per heavy atom. The number of nitrogens with zero attached hydrogens (tertiary/aromatic N) is 2. The van der Waals surface area contributed by atoms with Crippen LogP contribution in [0.25, 0.3) is 0 Å². The third-order valence-electron chi connectivity index (χ3n) is 1.50. The summed E-state index contributed by atoms with van der Waals surface area (Å²) in [5, 5.41) is 3.40. The number of carbonyl (C=O) groups is 1. The Bertz CT molecular complexity index is 411. The average Bonchev–Trinajstić information content (AvgIpc) is 2.72. The minimum Gasteiger partial charge on any atom is -0.420 e. The summed E-state index contributed by atoms with van der Waals surface area (Å²) in [5.41, 5.74) is 0. The second-order valence-electron chi connectivity index (χ2n) is 2.45. The van der Waals surface area contributed by atoms with E-state index in [9.17, 15) is 4.79 Å². The van der Waals surface area contributed by atoms with E-state index in [0.717, 1.165) is 0 Å². The van der Waals surface area contributed by atoms with E-state index in [2.05, 4.69) is 14.7 Å². The van der Waals surface area contributed by atoms with E-state index in [4.69, 9.17) is 4.74 Å². The summed E-state index contributed by atoms with van der Waals surface area (Å²) in [7, 11) is 0. The molecular formula is C9H6N2O3. The maximum absolute atomic E-state index is 11.3. The molecule has 0 atom stereocenters. The van der Waals surface area contributed by atoms with Gasteiger partial charge in [0.15, 0.2) is 0 Å². The van der Waals surface area contributed by atoms with Gasteiger partial charge in [0, 0.05) is 18.5 Å². The number of esters is 1. The second kappa shape index (κ2) is 3.69. The van der Waals surface area contributed by atoms with Gasteiger partial charge in [-0.15, -0.1) is 0 Å². The average molecular weight is 190 g/mol. The highest BCUT2D eigenvalue weighted by atomic mass is 16.6. The predicted octanol–water partition coefficient (Wildman–Crippen LogP) is 1.29. The molecule has 0 bridgehead atoms. The third-order valence-corrected chi connectivity index (χ3v) is 1.50. The molecule has 2 heterocycles. The lowest BCUT2D eigenvalue weighted by Crippen LogP contribution is -2.06. The van der Waals surface area contributed by atoms with Crippen molar-refractivity contribution in [2.45, 2.75) is 0 Å². The SMILES string of the molecule is O=C(Oc1ccncc1)c1ccno1. The van der Waals surface area contributed by atoms with Gasteiger partial charge in [-0.25, -0.2) is 4.79 Å². The van der Waals surface area contributed by atoms with Crippen LogP contribution in [0.2, 0.25) is 0 Å². The fourth-order valence-corrected chi connectivity index (χ4v) is 0.885. The van der Waals surface area contributed by atoms with Crippen molar-refractivity contribution in [1.29, 1.82) is 0 Å². The molecule has 0 aliphatic heterocycles. The highest BCUT2D eigenvalue weighted by Gasteiger charge is 2.11. The minimum absolute atomic E-state index is 0.0711. The van der Waals surface area contributed by atoms with Crippen molar-refractivity contribution < 1.29 is 14.1 Å². The van der Waals surface area contributed by atoms with Gasteiger partial charge in [-0.05, 0) is 12.1 Å². The van der Waals surface area contributed by atoms with Crippen LogP contribution in [-0.4, -0.2) is 16.1 Å². The van der Waals surface area contributed by atoms with E-state index in [1.54, 1.807) is 12.1 Å². The maximum Gasteiger partial charge on any atom is 0.382 e. The van der Waals surface area contributed by atoms with E-state index in [1.807, 2.05) is 0 Å². The molecule has 0 N–H and O–H groups in total. The van der Waals surface area contributed by atoms with Crippen LogP contribution in [0.1, 0.15) is 10.6 Å². The summed E-state index contributed by atoms with van der Waals surface area (Å²) in [6, 6.07) is 4.59. The highest BCUT2D eigenvalue weighted by Crippen LogP contribution is 2.09. The Hall–Kier alpha value is -2.17. The van der Waals surface area contributed by atoms with Crippen LogP contribution in [-0.2, 0) is 0 Å². The summed E-state index contributed by atoms with van der Waals surface area (Å²) >= 11 is 0. The van der Waals surface area contributed by atoms with Crippen LogP contribution in [0.15, 0.2) is 41.3 Å². The fourth-order valence-electron chi connectivity index (χ4n) is 0.885. The number of hydrogen-bond acceptors (Lipinski definition) is 5. The largest absolute Gasteiger partial charge is 0.420 e. The van der Waals surface area contributed by atoms with Crippen molar-refractivity contribution in [3.63, 3.8) is 0 Å². The van der Waals surface area contributed by atoms with Gasteiger partial charge in [-0.2, -0.15) is 0 Å². The third kappa shape index (κ3) is 1.77. The zero-order valence-corrected chi connectivity index (χ0v) is 7.08. The lowest BCUT2D eigenvalue weighted by atomic mass is 10.4. The van der Waals surface area contributed by atoms with Crippen molar-refractivity contribution in [2.75, 3.05) is 0 Å². The van der Waals surface area contributed by atoms with Crippen LogP contribution >= 0.6 is 0 Å². The summed E-state index contributed by atoms with van der Waals surface area (Å²) in [5.74, 6) is -0.0862. The summed E-state index contributed by atoms with van der Waals surface area (Å²) < 4.78 is 9.57. The first-order valence-electron chi connectivity index (χ1n) is 3.89. The molecule has 0 spiro atoms. The van der Waals surface area contributed by atoms with Gasteiger partial charge in [0.1, 0.15) is 5.75 Å². The summed E-state index contributed by atoms with van der Waals surface area (Å²) in [6.07, 6.45) is 4.44. The van der Waals surface area contributed by atoms with Gasteiger partial charge in [0.2, 0.25) is 5.76 Å². The van der Waals surface area contributed by atoms with Crippen molar-refractivity contribution in [2.24, 2.45) is 0 Å². The monoisotopic (exact) mass is 190 g/mol. The molecule has 0 saturated heterocycles. The smallest absolute Gasteiger partial charge is 0.382 e. The van der Waals surface area contributed by atoms with E-state index in [-0.39, 0.29) is 5.76 Å². The van der Waals surface area contributed by atoms with Crippen molar-refractivity contribution in [3.05, 3.63) is 42.5 Å². The predicted molar refractivity (Wildman–Crippen MR) is 45.7 cm³/mol. The molecule has 0 radical (unpaired) electrons. The molecule has 0 aromatic carbocycles. The van der Waals surface area contributed by atoms with Gasteiger partial charge in [-0.3, -0.25) is 4.98 Å². The second-order valence-corrected chi connectivity index (χ2v) is 2.45. The molecule has 5 nitrogen and oxygen atoms in total. The van der Waals surface area contributed by atoms with Gasteiger partial charge in [0.25, 0.3) is 0 Å². The van der Waals surface area contributed by atoms with E-state index >= 15 is 0 Å². The first kappa shape index (κ1) is 8.43. The molecule has 14 heavy (non-hydrogen) atoms. The van der Waals surface area contributed by atoms with Gasteiger partial charge >= 0.3 is 5.97 Å². The molecule has 2 aromatic rings. The molecule has 0 aliphatic carbocycles. The molecular weight excluding hydrogens is 184 g/mol. The number of hydrogen-bond donors (Lipinski definition) is 0. The molecule has 5 heteroatoms. The summed E-state index contributed by atoms with van der Waals surface area (Å²) in [6.45, 7) is 0. The zero-order chi connectivity index (χ0) is 9.80. The molecule has 0 aliphatic rings. The Morgan fingerprint density at radius 2 is 2.00 bits per heavy atom. The minimum atomic E-state index is -0.575. The van der Waals surface area contributed by atoms with Gasteiger partial charge in [-0.1, -0.05) is 5.16 Å². The number of ether oxygens (including phenoxy) is 1. The number of pyridine rings is 1. The van der Waals surface area contributed by atoms with E-state index in [0.29, 0.717) is 5.75 Å². The fraction of sp³-hybridized carbons (Fsp3) is 0. The zero-order valence-electron chi connectivity index (χ0n) is 7.08. The molecule has 0 fully saturated rings. The first-order valence-corrected chi connectivity index (χ1v) is 3.89. The van der Waals surface area contributed by atoms with Gasteiger partial charge in [0.05, 0.1) is 6.20 Å². The quantitative estimate of drug-likeness (QED) is 0.667. The Balaban J connectivity index is 2.10. The van der Waals surface area contributed by atoms with Crippen LogP contribution in [0, 0.1) is 0 Å². The van der Waals surface area contributed by atoms with Crippen LogP contribution in [0.4, 0.5) is 0 Å². The molecule has 0 unspecified atom stereocenters. The van der Waals surface area contributed by atoms with Crippen molar-refractivity contribution >= 4 is 5.97 Å². The van der Waals surface area contributed by atoms with E-state index in [1.165, 1.54) is 24.7 Å². The summed E-state index contributed by atoms with van der Waals surface area (Å²) in [4.78, 5) is 15.1. The standard InChI is InChI=1S/C9H6N2O3/c12-9(8-3-6-11-14-8)13-7-1-4-10-5-2-7/h1-6H. The topological polar surface area (TPSA) is 65.2 Å². The van der Waals surface area contributed by atoms with Gasteiger partial charge < -0.3 is 9.26 Å². The molecule has 2 rings (SSSR count). The number of aromatic nitrogens is 2. The maximum atomic E-state index is 11.3.